The first-order valence-corrected chi connectivity index (χ1v) is 5.71. The van der Waals surface area contributed by atoms with Gasteiger partial charge in [-0.05, 0) is 17.5 Å². The fraction of sp³-hybridized carbons (Fsp3) is 0.167. The number of hydrogen-bond donors (Lipinski definition) is 1. The molecule has 1 aromatic heterocycles. The summed E-state index contributed by atoms with van der Waals surface area (Å²) in [5, 5.41) is 5.26. The first-order chi connectivity index (χ1) is 7.36. The zero-order chi connectivity index (χ0) is 10.5. The zero-order valence-electron chi connectivity index (χ0n) is 8.24. The highest BCUT2D eigenvalue weighted by Gasteiger charge is 1.99. The summed E-state index contributed by atoms with van der Waals surface area (Å²) in [5.41, 5.74) is 0.717. The third-order valence-corrected chi connectivity index (χ3v) is 3.03. The molecular formula is C12H12FNS. The average molecular weight is 221 g/mol. The van der Waals surface area contributed by atoms with Crippen molar-refractivity contribution in [3.8, 4) is 0 Å². The van der Waals surface area contributed by atoms with Crippen molar-refractivity contribution in [1.29, 1.82) is 0 Å². The standard InChI is InChI=1S/C12H12FNS/c13-12-6-2-1-4-10(12)8-14-9-11-5-3-7-15-11/h1-7,14H,8-9H2. The van der Waals surface area contributed by atoms with Crippen LogP contribution in [0.15, 0.2) is 41.8 Å². The Morgan fingerprint density at radius 1 is 1.07 bits per heavy atom. The van der Waals surface area contributed by atoms with Crippen molar-refractivity contribution in [2.24, 2.45) is 0 Å². The van der Waals surface area contributed by atoms with Gasteiger partial charge in [0, 0.05) is 23.5 Å². The number of thiophene rings is 1. The highest BCUT2D eigenvalue weighted by Crippen LogP contribution is 2.09. The van der Waals surface area contributed by atoms with E-state index in [2.05, 4.69) is 11.4 Å². The summed E-state index contributed by atoms with van der Waals surface area (Å²) in [6, 6.07) is 10.9. The number of rotatable bonds is 4. The molecule has 0 atom stereocenters. The number of hydrogen-bond acceptors (Lipinski definition) is 2. The number of halogens is 1. The van der Waals surface area contributed by atoms with Gasteiger partial charge in [-0.15, -0.1) is 11.3 Å². The molecule has 0 spiro atoms. The summed E-state index contributed by atoms with van der Waals surface area (Å²) in [5.74, 6) is -0.142. The Morgan fingerprint density at radius 2 is 1.93 bits per heavy atom. The highest BCUT2D eigenvalue weighted by atomic mass is 32.1. The van der Waals surface area contributed by atoms with Gasteiger partial charge in [0.25, 0.3) is 0 Å². The lowest BCUT2D eigenvalue weighted by molar-refractivity contribution is 0.589. The fourth-order valence-corrected chi connectivity index (χ4v) is 2.05. The van der Waals surface area contributed by atoms with Crippen molar-refractivity contribution in [2.75, 3.05) is 0 Å². The second-order valence-corrected chi connectivity index (χ2v) is 4.31. The predicted molar refractivity (Wildman–Crippen MR) is 61.3 cm³/mol. The Hall–Kier alpha value is -1.19. The molecule has 0 bridgehead atoms. The van der Waals surface area contributed by atoms with Crippen molar-refractivity contribution >= 4 is 11.3 Å². The summed E-state index contributed by atoms with van der Waals surface area (Å²) in [6.45, 7) is 1.37. The third-order valence-electron chi connectivity index (χ3n) is 2.15. The van der Waals surface area contributed by atoms with E-state index in [0.29, 0.717) is 12.1 Å². The SMILES string of the molecule is Fc1ccccc1CNCc1cccs1. The molecule has 1 N–H and O–H groups in total. The second kappa shape index (κ2) is 5.05. The molecule has 0 fully saturated rings. The van der Waals surface area contributed by atoms with Crippen LogP contribution in [0.3, 0.4) is 0 Å². The molecule has 78 valence electrons. The number of nitrogens with one attached hydrogen (secondary N) is 1. The maximum atomic E-state index is 13.2. The molecule has 0 aliphatic heterocycles. The van der Waals surface area contributed by atoms with Crippen LogP contribution >= 0.6 is 11.3 Å². The van der Waals surface area contributed by atoms with Crippen LogP contribution in [0.5, 0.6) is 0 Å². The summed E-state index contributed by atoms with van der Waals surface area (Å²) in [6.07, 6.45) is 0. The average Bonchev–Trinajstić information content (AvgIpc) is 2.74. The number of benzene rings is 1. The molecule has 3 heteroatoms. The minimum atomic E-state index is -0.142. The monoisotopic (exact) mass is 221 g/mol. The van der Waals surface area contributed by atoms with Crippen LogP contribution in [0.2, 0.25) is 0 Å². The van der Waals surface area contributed by atoms with Crippen LogP contribution in [0, 0.1) is 5.82 Å². The lowest BCUT2D eigenvalue weighted by Crippen LogP contribution is -2.12. The normalized spacial score (nSPS) is 10.5. The van der Waals surface area contributed by atoms with Crippen molar-refractivity contribution in [2.45, 2.75) is 13.1 Å². The topological polar surface area (TPSA) is 12.0 Å². The zero-order valence-corrected chi connectivity index (χ0v) is 9.06. The van der Waals surface area contributed by atoms with Crippen LogP contribution in [0.25, 0.3) is 0 Å². The van der Waals surface area contributed by atoms with E-state index in [1.54, 1.807) is 23.5 Å². The maximum absolute atomic E-state index is 13.2. The van der Waals surface area contributed by atoms with E-state index < -0.39 is 0 Å². The molecule has 1 heterocycles. The fourth-order valence-electron chi connectivity index (χ4n) is 1.38. The first kappa shape index (κ1) is 10.3. The summed E-state index contributed by atoms with van der Waals surface area (Å²) < 4.78 is 13.2. The molecule has 0 aliphatic carbocycles. The molecule has 0 saturated carbocycles. The van der Waals surface area contributed by atoms with Crippen LogP contribution in [-0.2, 0) is 13.1 Å². The van der Waals surface area contributed by atoms with E-state index >= 15 is 0 Å². The van der Waals surface area contributed by atoms with Crippen molar-refractivity contribution in [3.05, 3.63) is 58.0 Å². The van der Waals surface area contributed by atoms with Crippen LogP contribution in [0.4, 0.5) is 4.39 Å². The Labute approximate surface area is 92.6 Å². The van der Waals surface area contributed by atoms with E-state index in [4.69, 9.17) is 0 Å². The van der Waals surface area contributed by atoms with Crippen LogP contribution in [-0.4, -0.2) is 0 Å². The van der Waals surface area contributed by atoms with Gasteiger partial charge in [0.15, 0.2) is 0 Å². The lowest BCUT2D eigenvalue weighted by atomic mass is 10.2. The molecule has 1 aromatic carbocycles. The highest BCUT2D eigenvalue weighted by molar-refractivity contribution is 7.09. The minimum Gasteiger partial charge on any atom is -0.308 e. The van der Waals surface area contributed by atoms with Gasteiger partial charge in [-0.25, -0.2) is 4.39 Å². The van der Waals surface area contributed by atoms with Crippen molar-refractivity contribution in [1.82, 2.24) is 5.32 Å². The predicted octanol–water partition coefficient (Wildman–Crippen LogP) is 3.18. The first-order valence-electron chi connectivity index (χ1n) is 4.83. The van der Waals surface area contributed by atoms with Crippen molar-refractivity contribution < 1.29 is 4.39 Å². The Morgan fingerprint density at radius 3 is 2.67 bits per heavy atom. The van der Waals surface area contributed by atoms with Crippen molar-refractivity contribution in [3.63, 3.8) is 0 Å². The molecule has 0 aliphatic rings. The molecule has 0 radical (unpaired) electrons. The summed E-state index contributed by atoms with van der Waals surface area (Å²) >= 11 is 1.71. The Balaban J connectivity index is 1.86. The van der Waals surface area contributed by atoms with Gasteiger partial charge < -0.3 is 5.32 Å². The quantitative estimate of drug-likeness (QED) is 0.836. The molecule has 0 saturated heterocycles. The molecule has 2 aromatic rings. The van der Waals surface area contributed by atoms with Crippen LogP contribution < -0.4 is 5.32 Å². The van der Waals surface area contributed by atoms with E-state index in [0.717, 1.165) is 6.54 Å². The van der Waals surface area contributed by atoms with Crippen LogP contribution in [0.1, 0.15) is 10.4 Å². The van der Waals surface area contributed by atoms with E-state index in [1.807, 2.05) is 17.5 Å². The molecule has 0 amide bonds. The summed E-state index contributed by atoms with van der Waals surface area (Å²) in [4.78, 5) is 1.27. The third kappa shape index (κ3) is 2.88. The van der Waals surface area contributed by atoms with E-state index in [1.165, 1.54) is 10.9 Å². The van der Waals surface area contributed by atoms with Gasteiger partial charge in [-0.1, -0.05) is 24.3 Å². The van der Waals surface area contributed by atoms with Gasteiger partial charge in [0.05, 0.1) is 0 Å². The second-order valence-electron chi connectivity index (χ2n) is 3.27. The molecule has 0 unspecified atom stereocenters. The maximum Gasteiger partial charge on any atom is 0.127 e. The van der Waals surface area contributed by atoms with Gasteiger partial charge in [-0.3, -0.25) is 0 Å². The minimum absolute atomic E-state index is 0.142. The smallest absolute Gasteiger partial charge is 0.127 e. The van der Waals surface area contributed by atoms with E-state index in [-0.39, 0.29) is 5.82 Å². The summed E-state index contributed by atoms with van der Waals surface area (Å²) in [7, 11) is 0. The lowest BCUT2D eigenvalue weighted by Gasteiger charge is -2.04. The van der Waals surface area contributed by atoms with E-state index in [9.17, 15) is 4.39 Å². The van der Waals surface area contributed by atoms with Gasteiger partial charge >= 0.3 is 0 Å². The van der Waals surface area contributed by atoms with Gasteiger partial charge in [0.2, 0.25) is 0 Å². The Bertz CT molecular complexity index is 411. The molecular weight excluding hydrogens is 209 g/mol. The Kier molecular flexibility index (Phi) is 3.48. The molecule has 15 heavy (non-hydrogen) atoms. The molecule has 2 rings (SSSR count). The van der Waals surface area contributed by atoms with Gasteiger partial charge in [-0.2, -0.15) is 0 Å². The molecule has 1 nitrogen and oxygen atoms in total. The largest absolute Gasteiger partial charge is 0.308 e. The van der Waals surface area contributed by atoms with Gasteiger partial charge in [0.1, 0.15) is 5.82 Å².